The summed E-state index contributed by atoms with van der Waals surface area (Å²) in [6, 6.07) is 7.08. The molecule has 3 rings (SSSR count). The van der Waals surface area contributed by atoms with Gasteiger partial charge in [0.05, 0.1) is 5.52 Å². The third-order valence-electron chi connectivity index (χ3n) is 4.10. The Labute approximate surface area is 137 Å². The average Bonchev–Trinajstić information content (AvgIpc) is 2.51. The first-order chi connectivity index (χ1) is 10.5. The number of piperazine rings is 1. The van der Waals surface area contributed by atoms with E-state index in [4.69, 9.17) is 0 Å². The fourth-order valence-electron chi connectivity index (χ4n) is 2.72. The summed E-state index contributed by atoms with van der Waals surface area (Å²) in [7, 11) is 2.06. The lowest BCUT2D eigenvalue weighted by atomic mass is 10.2. The number of nitrogens with zero attached hydrogens (tertiary/aromatic N) is 3. The second-order valence-electron chi connectivity index (χ2n) is 5.65. The van der Waals surface area contributed by atoms with Crippen LogP contribution in [0.15, 0.2) is 39.7 Å². The Morgan fingerprint density at radius 2 is 1.91 bits per heavy atom. The van der Waals surface area contributed by atoms with E-state index in [1.54, 1.807) is 12.3 Å². The summed E-state index contributed by atoms with van der Waals surface area (Å²) in [4.78, 5) is 28.6. The van der Waals surface area contributed by atoms with E-state index in [1.807, 2.05) is 21.6 Å². The molecule has 1 aliphatic heterocycles. The van der Waals surface area contributed by atoms with E-state index < -0.39 is 0 Å². The summed E-state index contributed by atoms with van der Waals surface area (Å²) in [6.45, 7) is 3.60. The minimum absolute atomic E-state index is 0.0282. The number of halogens is 1. The van der Waals surface area contributed by atoms with Crippen LogP contribution in [0.1, 0.15) is 0 Å². The number of aromatic nitrogens is 1. The van der Waals surface area contributed by atoms with Crippen molar-refractivity contribution in [2.75, 3.05) is 33.2 Å². The third kappa shape index (κ3) is 3.08. The lowest BCUT2D eigenvalue weighted by Crippen LogP contribution is -2.48. The highest BCUT2D eigenvalue weighted by molar-refractivity contribution is 9.10. The number of hydrogen-bond acceptors (Lipinski definition) is 3. The van der Waals surface area contributed by atoms with Crippen molar-refractivity contribution >= 4 is 32.7 Å². The highest BCUT2D eigenvalue weighted by Gasteiger charge is 2.19. The second-order valence-corrected chi connectivity index (χ2v) is 6.57. The van der Waals surface area contributed by atoms with Gasteiger partial charge in [-0.05, 0) is 25.2 Å². The molecule has 0 saturated carbocycles. The molecule has 1 aromatic carbocycles. The molecule has 2 heterocycles. The first-order valence-corrected chi connectivity index (χ1v) is 8.09. The number of amides is 1. The van der Waals surface area contributed by atoms with E-state index in [9.17, 15) is 9.59 Å². The molecule has 0 atom stereocenters. The van der Waals surface area contributed by atoms with Crippen LogP contribution < -0.4 is 5.43 Å². The number of rotatable bonds is 2. The Morgan fingerprint density at radius 1 is 1.18 bits per heavy atom. The number of likely N-dealkylation sites (N-methyl/N-ethyl adjacent to an activating group) is 1. The van der Waals surface area contributed by atoms with Crippen LogP contribution in [-0.4, -0.2) is 53.5 Å². The van der Waals surface area contributed by atoms with Crippen LogP contribution in [0.2, 0.25) is 0 Å². The van der Waals surface area contributed by atoms with Crippen LogP contribution in [0.4, 0.5) is 0 Å². The van der Waals surface area contributed by atoms with Gasteiger partial charge in [-0.3, -0.25) is 9.59 Å². The van der Waals surface area contributed by atoms with Gasteiger partial charge in [-0.1, -0.05) is 15.9 Å². The quantitative estimate of drug-likeness (QED) is 0.812. The van der Waals surface area contributed by atoms with Gasteiger partial charge in [0.2, 0.25) is 5.91 Å². The fourth-order valence-corrected chi connectivity index (χ4v) is 3.08. The van der Waals surface area contributed by atoms with Crippen molar-refractivity contribution in [3.8, 4) is 0 Å². The largest absolute Gasteiger partial charge is 0.339 e. The molecule has 0 spiro atoms. The van der Waals surface area contributed by atoms with Crippen molar-refractivity contribution in [1.82, 2.24) is 14.4 Å². The van der Waals surface area contributed by atoms with Crippen molar-refractivity contribution in [3.63, 3.8) is 0 Å². The minimum atomic E-state index is -0.0282. The van der Waals surface area contributed by atoms with Crippen LogP contribution in [0, 0.1) is 0 Å². The van der Waals surface area contributed by atoms with Crippen molar-refractivity contribution in [2.45, 2.75) is 6.54 Å². The third-order valence-corrected chi connectivity index (χ3v) is 4.59. The first-order valence-electron chi connectivity index (χ1n) is 7.29. The molecule has 116 valence electrons. The maximum absolute atomic E-state index is 12.5. The molecule has 1 saturated heterocycles. The highest BCUT2D eigenvalue weighted by Crippen LogP contribution is 2.17. The molecule has 2 aromatic rings. The van der Waals surface area contributed by atoms with Gasteiger partial charge < -0.3 is 14.4 Å². The standard InChI is InChI=1S/C16H18BrN3O2/c1-18-6-8-19(9-7-18)16(22)11-20-5-4-15(21)13-10-12(17)2-3-14(13)20/h2-5,10H,6-9,11H2,1H3. The number of carbonyl (C=O) groups is 1. The minimum Gasteiger partial charge on any atom is -0.339 e. The van der Waals surface area contributed by atoms with Crippen LogP contribution in [0.3, 0.4) is 0 Å². The van der Waals surface area contributed by atoms with Crippen molar-refractivity contribution in [3.05, 3.63) is 45.2 Å². The molecule has 0 N–H and O–H groups in total. The average molecular weight is 364 g/mol. The molecule has 6 heteroatoms. The molecular formula is C16H18BrN3O2. The Morgan fingerprint density at radius 3 is 2.64 bits per heavy atom. The summed E-state index contributed by atoms with van der Waals surface area (Å²) in [6.07, 6.45) is 1.70. The lowest BCUT2D eigenvalue weighted by molar-refractivity contribution is -0.133. The number of hydrogen-bond donors (Lipinski definition) is 0. The summed E-state index contributed by atoms with van der Waals surface area (Å²) in [5.41, 5.74) is 0.762. The van der Waals surface area contributed by atoms with Crippen LogP contribution in [0.5, 0.6) is 0 Å². The molecule has 1 aromatic heterocycles. The zero-order valence-electron chi connectivity index (χ0n) is 12.5. The molecule has 0 unspecified atom stereocenters. The maximum Gasteiger partial charge on any atom is 0.242 e. The number of fused-ring (bicyclic) bond motifs is 1. The monoisotopic (exact) mass is 363 g/mol. The molecule has 1 aliphatic rings. The number of benzene rings is 1. The van der Waals surface area contributed by atoms with E-state index in [0.29, 0.717) is 5.39 Å². The van der Waals surface area contributed by atoms with E-state index >= 15 is 0 Å². The first kappa shape index (κ1) is 15.2. The van der Waals surface area contributed by atoms with Crippen molar-refractivity contribution < 1.29 is 4.79 Å². The van der Waals surface area contributed by atoms with Gasteiger partial charge in [0, 0.05) is 48.3 Å². The van der Waals surface area contributed by atoms with E-state index in [0.717, 1.165) is 36.2 Å². The van der Waals surface area contributed by atoms with Gasteiger partial charge in [0.1, 0.15) is 6.54 Å². The zero-order chi connectivity index (χ0) is 15.7. The molecule has 0 radical (unpaired) electrons. The normalized spacial score (nSPS) is 16.2. The van der Waals surface area contributed by atoms with Gasteiger partial charge in [-0.2, -0.15) is 0 Å². The van der Waals surface area contributed by atoms with Gasteiger partial charge in [0.15, 0.2) is 5.43 Å². The number of pyridine rings is 1. The molecule has 1 fully saturated rings. The van der Waals surface area contributed by atoms with E-state index in [1.165, 1.54) is 6.07 Å². The summed E-state index contributed by atoms with van der Waals surface area (Å²) < 4.78 is 2.71. The lowest BCUT2D eigenvalue weighted by Gasteiger charge is -2.32. The van der Waals surface area contributed by atoms with Crippen LogP contribution in [0.25, 0.3) is 10.9 Å². The van der Waals surface area contributed by atoms with Gasteiger partial charge in [0.25, 0.3) is 0 Å². The van der Waals surface area contributed by atoms with Crippen LogP contribution in [-0.2, 0) is 11.3 Å². The summed E-state index contributed by atoms with van der Waals surface area (Å²) >= 11 is 3.38. The molecule has 0 aliphatic carbocycles. The molecular weight excluding hydrogens is 346 g/mol. The van der Waals surface area contributed by atoms with Gasteiger partial charge >= 0.3 is 0 Å². The van der Waals surface area contributed by atoms with Crippen molar-refractivity contribution in [1.29, 1.82) is 0 Å². The summed E-state index contributed by atoms with van der Waals surface area (Å²) in [5, 5.41) is 0.628. The smallest absolute Gasteiger partial charge is 0.242 e. The Bertz CT molecular complexity index is 764. The predicted molar refractivity (Wildman–Crippen MR) is 90.0 cm³/mol. The zero-order valence-corrected chi connectivity index (χ0v) is 14.0. The molecule has 22 heavy (non-hydrogen) atoms. The topological polar surface area (TPSA) is 45.5 Å². The van der Waals surface area contributed by atoms with E-state index in [2.05, 4.69) is 27.9 Å². The molecule has 5 nitrogen and oxygen atoms in total. The van der Waals surface area contributed by atoms with Gasteiger partial charge in [-0.15, -0.1) is 0 Å². The molecule has 1 amide bonds. The molecule has 0 bridgehead atoms. The Kier molecular flexibility index (Phi) is 4.31. The highest BCUT2D eigenvalue weighted by atomic mass is 79.9. The Hall–Kier alpha value is -1.66. The summed E-state index contributed by atoms with van der Waals surface area (Å²) in [5.74, 6) is 0.0981. The predicted octanol–water partition coefficient (Wildman–Crippen LogP) is 1.54. The maximum atomic E-state index is 12.5. The van der Waals surface area contributed by atoms with E-state index in [-0.39, 0.29) is 17.9 Å². The Balaban J connectivity index is 1.86. The van der Waals surface area contributed by atoms with Crippen molar-refractivity contribution in [2.24, 2.45) is 0 Å². The SMILES string of the molecule is CN1CCN(C(=O)Cn2ccc(=O)c3cc(Br)ccc32)CC1. The van der Waals surface area contributed by atoms with Crippen LogP contribution >= 0.6 is 15.9 Å². The number of carbonyl (C=O) groups excluding carboxylic acids is 1. The van der Waals surface area contributed by atoms with Gasteiger partial charge in [-0.25, -0.2) is 0 Å². The fraction of sp³-hybridized carbons (Fsp3) is 0.375. The second kappa shape index (κ2) is 6.22.